The highest BCUT2D eigenvalue weighted by molar-refractivity contribution is 6.31. The van der Waals surface area contributed by atoms with Crippen molar-refractivity contribution in [1.82, 2.24) is 9.88 Å². The zero-order chi connectivity index (χ0) is 13.7. The van der Waals surface area contributed by atoms with Crippen molar-refractivity contribution in [2.45, 2.75) is 38.8 Å². The Labute approximate surface area is 119 Å². The second-order valence-electron chi connectivity index (χ2n) is 4.93. The molecular formula is C14H22ClN3O. The van der Waals surface area contributed by atoms with Gasteiger partial charge in [0.1, 0.15) is 5.82 Å². The summed E-state index contributed by atoms with van der Waals surface area (Å²) in [6.07, 6.45) is 3.71. The molecule has 0 amide bonds. The molecule has 2 rings (SSSR count). The van der Waals surface area contributed by atoms with Crippen LogP contribution in [0.5, 0.6) is 0 Å². The van der Waals surface area contributed by atoms with Crippen LogP contribution >= 0.6 is 11.6 Å². The number of aromatic nitrogens is 1. The Hall–Kier alpha value is -0.840. The Bertz CT molecular complexity index is 410. The van der Waals surface area contributed by atoms with E-state index in [-0.39, 0.29) is 6.61 Å². The summed E-state index contributed by atoms with van der Waals surface area (Å²) < 4.78 is 0. The molecule has 1 aromatic rings. The van der Waals surface area contributed by atoms with E-state index < -0.39 is 0 Å². The van der Waals surface area contributed by atoms with Crippen LogP contribution in [-0.4, -0.2) is 40.7 Å². The van der Waals surface area contributed by atoms with Crippen molar-refractivity contribution in [3.05, 3.63) is 22.8 Å². The first-order valence-electron chi connectivity index (χ1n) is 6.98. The number of anilines is 1. The second kappa shape index (κ2) is 7.08. The maximum absolute atomic E-state index is 9.18. The molecule has 1 aliphatic rings. The summed E-state index contributed by atoms with van der Waals surface area (Å²) in [4.78, 5) is 6.84. The van der Waals surface area contributed by atoms with Gasteiger partial charge in [-0.15, -0.1) is 0 Å². The summed E-state index contributed by atoms with van der Waals surface area (Å²) in [6.45, 7) is 4.47. The van der Waals surface area contributed by atoms with Crippen LogP contribution in [-0.2, 0) is 6.54 Å². The Morgan fingerprint density at radius 3 is 2.84 bits per heavy atom. The number of halogens is 1. The predicted octanol–water partition coefficient (Wildman–Crippen LogP) is 2.51. The number of hydrogen-bond donors (Lipinski definition) is 2. The van der Waals surface area contributed by atoms with E-state index in [4.69, 9.17) is 11.6 Å². The molecule has 4 nitrogen and oxygen atoms in total. The molecule has 2 N–H and O–H groups in total. The molecular weight excluding hydrogens is 262 g/mol. The van der Waals surface area contributed by atoms with E-state index in [1.807, 2.05) is 19.1 Å². The zero-order valence-corrected chi connectivity index (χ0v) is 12.2. The van der Waals surface area contributed by atoms with Gasteiger partial charge < -0.3 is 10.4 Å². The second-order valence-corrected chi connectivity index (χ2v) is 5.34. The third kappa shape index (κ3) is 3.81. The normalized spacial score (nSPS) is 15.6. The SMILES string of the molecule is CCNc1ccc(Cl)c(CN(CCO)C2CCC2)n1. The minimum Gasteiger partial charge on any atom is -0.395 e. The maximum atomic E-state index is 9.18. The highest BCUT2D eigenvalue weighted by Crippen LogP contribution is 2.27. The Balaban J connectivity index is 2.08. The molecule has 0 unspecified atom stereocenters. The molecule has 0 aliphatic heterocycles. The summed E-state index contributed by atoms with van der Waals surface area (Å²) in [7, 11) is 0. The lowest BCUT2D eigenvalue weighted by atomic mass is 9.91. The first-order valence-corrected chi connectivity index (χ1v) is 7.36. The zero-order valence-electron chi connectivity index (χ0n) is 11.4. The fourth-order valence-electron chi connectivity index (χ4n) is 2.34. The molecule has 5 heteroatoms. The minimum atomic E-state index is 0.182. The quantitative estimate of drug-likeness (QED) is 0.807. The summed E-state index contributed by atoms with van der Waals surface area (Å²) in [5.74, 6) is 0.861. The monoisotopic (exact) mass is 283 g/mol. The largest absolute Gasteiger partial charge is 0.395 e. The summed E-state index contributed by atoms with van der Waals surface area (Å²) in [5.41, 5.74) is 0.889. The van der Waals surface area contributed by atoms with Gasteiger partial charge in [-0.2, -0.15) is 0 Å². The lowest BCUT2D eigenvalue weighted by Crippen LogP contribution is -2.41. The van der Waals surface area contributed by atoms with E-state index in [0.717, 1.165) is 18.1 Å². The highest BCUT2D eigenvalue weighted by Gasteiger charge is 2.25. The van der Waals surface area contributed by atoms with Gasteiger partial charge in [0.2, 0.25) is 0 Å². The Morgan fingerprint density at radius 2 is 2.26 bits per heavy atom. The topological polar surface area (TPSA) is 48.4 Å². The van der Waals surface area contributed by atoms with E-state index in [1.165, 1.54) is 19.3 Å². The van der Waals surface area contributed by atoms with Crippen molar-refractivity contribution in [2.24, 2.45) is 0 Å². The molecule has 106 valence electrons. The molecule has 1 fully saturated rings. The van der Waals surface area contributed by atoms with Crippen molar-refractivity contribution in [2.75, 3.05) is 25.0 Å². The lowest BCUT2D eigenvalue weighted by molar-refractivity contribution is 0.0934. The fourth-order valence-corrected chi connectivity index (χ4v) is 2.50. The van der Waals surface area contributed by atoms with Gasteiger partial charge in [-0.3, -0.25) is 4.90 Å². The van der Waals surface area contributed by atoms with Crippen LogP contribution in [0.1, 0.15) is 31.9 Å². The molecule has 0 bridgehead atoms. The molecule has 0 aromatic carbocycles. The van der Waals surface area contributed by atoms with Crippen molar-refractivity contribution >= 4 is 17.4 Å². The van der Waals surface area contributed by atoms with E-state index >= 15 is 0 Å². The van der Waals surface area contributed by atoms with E-state index in [2.05, 4.69) is 15.2 Å². The first kappa shape index (κ1) is 14.6. The number of nitrogens with one attached hydrogen (secondary N) is 1. The lowest BCUT2D eigenvalue weighted by Gasteiger charge is -2.37. The molecule has 0 atom stereocenters. The van der Waals surface area contributed by atoms with Crippen LogP contribution in [0.2, 0.25) is 5.02 Å². The van der Waals surface area contributed by atoms with Crippen LogP contribution in [0.3, 0.4) is 0 Å². The highest BCUT2D eigenvalue weighted by atomic mass is 35.5. The number of pyridine rings is 1. The molecule has 0 spiro atoms. The van der Waals surface area contributed by atoms with Gasteiger partial charge in [0.05, 0.1) is 17.3 Å². The molecule has 1 saturated carbocycles. The van der Waals surface area contributed by atoms with Crippen molar-refractivity contribution in [3.8, 4) is 0 Å². The van der Waals surface area contributed by atoms with Crippen molar-refractivity contribution < 1.29 is 5.11 Å². The van der Waals surface area contributed by atoms with Crippen LogP contribution in [0.15, 0.2) is 12.1 Å². The minimum absolute atomic E-state index is 0.182. The van der Waals surface area contributed by atoms with Gasteiger partial charge in [0.15, 0.2) is 0 Å². The third-order valence-corrected chi connectivity index (χ3v) is 3.95. The first-order chi connectivity index (χ1) is 9.24. The summed E-state index contributed by atoms with van der Waals surface area (Å²) in [6, 6.07) is 4.36. The number of aliphatic hydroxyl groups is 1. The molecule has 19 heavy (non-hydrogen) atoms. The van der Waals surface area contributed by atoms with E-state index in [9.17, 15) is 5.11 Å². The van der Waals surface area contributed by atoms with Gasteiger partial charge in [0, 0.05) is 25.7 Å². The van der Waals surface area contributed by atoms with Gasteiger partial charge in [-0.25, -0.2) is 4.98 Å². The molecule has 0 saturated heterocycles. The number of hydrogen-bond acceptors (Lipinski definition) is 4. The van der Waals surface area contributed by atoms with Crippen LogP contribution < -0.4 is 5.32 Å². The fraction of sp³-hybridized carbons (Fsp3) is 0.643. The van der Waals surface area contributed by atoms with Crippen molar-refractivity contribution in [3.63, 3.8) is 0 Å². The number of rotatable bonds is 7. The molecule has 1 heterocycles. The van der Waals surface area contributed by atoms with Crippen LogP contribution in [0, 0.1) is 0 Å². The van der Waals surface area contributed by atoms with Crippen LogP contribution in [0.4, 0.5) is 5.82 Å². The average Bonchev–Trinajstić information content (AvgIpc) is 2.32. The molecule has 0 radical (unpaired) electrons. The predicted molar refractivity (Wildman–Crippen MR) is 78.5 cm³/mol. The van der Waals surface area contributed by atoms with Gasteiger partial charge in [-0.05, 0) is 31.9 Å². The van der Waals surface area contributed by atoms with E-state index in [0.29, 0.717) is 24.2 Å². The van der Waals surface area contributed by atoms with Gasteiger partial charge >= 0.3 is 0 Å². The number of nitrogens with zero attached hydrogens (tertiary/aromatic N) is 2. The smallest absolute Gasteiger partial charge is 0.126 e. The van der Waals surface area contributed by atoms with Gasteiger partial charge in [-0.1, -0.05) is 18.0 Å². The average molecular weight is 284 g/mol. The maximum Gasteiger partial charge on any atom is 0.126 e. The summed E-state index contributed by atoms with van der Waals surface area (Å²) >= 11 is 6.23. The Morgan fingerprint density at radius 1 is 1.47 bits per heavy atom. The molecule has 1 aromatic heterocycles. The standard InChI is InChI=1S/C14H22ClN3O/c1-2-16-14-7-6-12(15)13(17-14)10-18(8-9-19)11-4-3-5-11/h6-7,11,19H,2-5,8-10H2,1H3,(H,16,17). The van der Waals surface area contributed by atoms with E-state index in [1.54, 1.807) is 0 Å². The Kier molecular flexibility index (Phi) is 5.43. The third-order valence-electron chi connectivity index (χ3n) is 3.61. The number of aliphatic hydroxyl groups excluding tert-OH is 1. The van der Waals surface area contributed by atoms with Crippen LogP contribution in [0.25, 0.3) is 0 Å². The van der Waals surface area contributed by atoms with Crippen molar-refractivity contribution in [1.29, 1.82) is 0 Å². The molecule has 1 aliphatic carbocycles. The summed E-state index contributed by atoms with van der Waals surface area (Å²) in [5, 5.41) is 13.1. The van der Waals surface area contributed by atoms with Gasteiger partial charge in [0.25, 0.3) is 0 Å².